The number of hydrogen-bond donors (Lipinski definition) is 0. The molecule has 0 unspecified atom stereocenters. The van der Waals surface area contributed by atoms with Crippen LogP contribution in [-0.4, -0.2) is 17.1 Å². The SMILES string of the molecule is C1=CCCCC1.[SeH2]. The molecule has 0 N–H and O–H groups in total. The van der Waals surface area contributed by atoms with E-state index in [0.717, 1.165) is 0 Å². The van der Waals surface area contributed by atoms with E-state index >= 15 is 0 Å². The van der Waals surface area contributed by atoms with Crippen molar-refractivity contribution in [2.24, 2.45) is 0 Å². The first-order valence-corrected chi connectivity index (χ1v) is 2.65. The summed E-state index contributed by atoms with van der Waals surface area (Å²) >= 11 is 0. The zero-order chi connectivity index (χ0) is 4.24. The molecule has 0 aliphatic heterocycles. The van der Waals surface area contributed by atoms with Crippen molar-refractivity contribution in [1.29, 1.82) is 0 Å². The van der Waals surface area contributed by atoms with Gasteiger partial charge >= 0.3 is 17.1 Å². The van der Waals surface area contributed by atoms with Gasteiger partial charge in [-0.15, -0.1) is 0 Å². The van der Waals surface area contributed by atoms with Crippen molar-refractivity contribution in [3.63, 3.8) is 0 Å². The van der Waals surface area contributed by atoms with Gasteiger partial charge in [-0.3, -0.25) is 0 Å². The van der Waals surface area contributed by atoms with Crippen molar-refractivity contribution in [3.8, 4) is 0 Å². The molecule has 0 nitrogen and oxygen atoms in total. The third-order valence-corrected chi connectivity index (χ3v) is 1.16. The minimum absolute atomic E-state index is 0. The third-order valence-electron chi connectivity index (χ3n) is 1.16. The van der Waals surface area contributed by atoms with E-state index in [-0.39, 0.29) is 17.1 Å². The second-order valence-corrected chi connectivity index (χ2v) is 1.76. The monoisotopic (exact) mass is 164 g/mol. The molecule has 0 amide bonds. The quantitative estimate of drug-likeness (QED) is 0.372. The molecule has 0 aromatic rings. The summed E-state index contributed by atoms with van der Waals surface area (Å²) in [5.74, 6) is 0. The summed E-state index contributed by atoms with van der Waals surface area (Å²) in [7, 11) is 0. The molecule has 0 bridgehead atoms. The summed E-state index contributed by atoms with van der Waals surface area (Å²) in [4.78, 5) is 0. The van der Waals surface area contributed by atoms with Gasteiger partial charge in [0.2, 0.25) is 0 Å². The maximum atomic E-state index is 2.27. The van der Waals surface area contributed by atoms with Crippen molar-refractivity contribution in [2.75, 3.05) is 0 Å². The molecule has 0 radical (unpaired) electrons. The standard InChI is InChI=1S/C6H10.H2Se/c1-2-4-6-5-3-1;/h1-2H,3-6H2;1H2. The van der Waals surface area contributed by atoms with Gasteiger partial charge in [-0.25, -0.2) is 0 Å². The molecule has 0 saturated heterocycles. The second kappa shape index (κ2) is 4.42. The maximum absolute atomic E-state index is 2.27. The van der Waals surface area contributed by atoms with Gasteiger partial charge in [0.15, 0.2) is 0 Å². The van der Waals surface area contributed by atoms with Gasteiger partial charge in [-0.05, 0) is 25.7 Å². The fourth-order valence-corrected chi connectivity index (χ4v) is 0.760. The average molecular weight is 163 g/mol. The van der Waals surface area contributed by atoms with Crippen LogP contribution in [-0.2, 0) is 0 Å². The van der Waals surface area contributed by atoms with Gasteiger partial charge in [-0.2, -0.15) is 0 Å². The van der Waals surface area contributed by atoms with E-state index in [1.807, 2.05) is 0 Å². The Labute approximate surface area is 55.5 Å². The van der Waals surface area contributed by atoms with Gasteiger partial charge in [0.05, 0.1) is 0 Å². The first kappa shape index (κ1) is 7.26. The van der Waals surface area contributed by atoms with E-state index < -0.39 is 0 Å². The van der Waals surface area contributed by atoms with Gasteiger partial charge in [0, 0.05) is 0 Å². The predicted octanol–water partition coefficient (Wildman–Crippen LogP) is 1.20. The number of rotatable bonds is 0. The molecule has 0 saturated carbocycles. The first-order valence-electron chi connectivity index (χ1n) is 2.65. The normalized spacial score (nSPS) is 18.3. The van der Waals surface area contributed by atoms with Crippen molar-refractivity contribution < 1.29 is 0 Å². The van der Waals surface area contributed by atoms with Gasteiger partial charge < -0.3 is 0 Å². The topological polar surface area (TPSA) is 0 Å². The molecule has 0 fully saturated rings. The van der Waals surface area contributed by atoms with Crippen LogP contribution in [0.4, 0.5) is 0 Å². The van der Waals surface area contributed by atoms with Gasteiger partial charge in [0.1, 0.15) is 0 Å². The van der Waals surface area contributed by atoms with Crippen LogP contribution in [0.5, 0.6) is 0 Å². The minimum atomic E-state index is 0. The first-order chi connectivity index (χ1) is 3.00. The van der Waals surface area contributed by atoms with Crippen LogP contribution in [0, 0.1) is 0 Å². The van der Waals surface area contributed by atoms with E-state index in [9.17, 15) is 0 Å². The van der Waals surface area contributed by atoms with Crippen LogP contribution < -0.4 is 0 Å². The summed E-state index contributed by atoms with van der Waals surface area (Å²) in [6.45, 7) is 0. The summed E-state index contributed by atoms with van der Waals surface area (Å²) < 4.78 is 0. The van der Waals surface area contributed by atoms with Crippen LogP contribution in [0.3, 0.4) is 0 Å². The number of hydrogen-bond acceptors (Lipinski definition) is 0. The Hall–Kier alpha value is 0.259. The van der Waals surface area contributed by atoms with Crippen molar-refractivity contribution in [3.05, 3.63) is 12.2 Å². The predicted molar refractivity (Wildman–Crippen MR) is 36.2 cm³/mol. The Morgan fingerprint density at radius 2 is 1.29 bits per heavy atom. The molecule has 1 aliphatic rings. The molecule has 0 atom stereocenters. The van der Waals surface area contributed by atoms with E-state index in [4.69, 9.17) is 0 Å². The molecule has 0 aromatic carbocycles. The molecule has 1 rings (SSSR count). The fourth-order valence-electron chi connectivity index (χ4n) is 0.760. The molecule has 1 heteroatoms. The molecule has 7 heavy (non-hydrogen) atoms. The Bertz CT molecular complexity index is 49.2. The van der Waals surface area contributed by atoms with Gasteiger partial charge in [0.25, 0.3) is 0 Å². The molecule has 0 spiro atoms. The van der Waals surface area contributed by atoms with Crippen LogP contribution in [0.2, 0.25) is 0 Å². The van der Waals surface area contributed by atoms with Gasteiger partial charge in [-0.1, -0.05) is 12.2 Å². The van der Waals surface area contributed by atoms with Crippen LogP contribution >= 0.6 is 0 Å². The van der Waals surface area contributed by atoms with Crippen molar-refractivity contribution in [2.45, 2.75) is 25.7 Å². The summed E-state index contributed by atoms with van der Waals surface area (Å²) in [6.07, 6.45) is 10.0. The van der Waals surface area contributed by atoms with Crippen LogP contribution in [0.1, 0.15) is 25.7 Å². The average Bonchev–Trinajstić information content (AvgIpc) is 1.72. The third kappa shape index (κ3) is 2.90. The number of allylic oxidation sites excluding steroid dienone is 2. The molecule has 42 valence electrons. The molecular formula is C6H12Se. The Balaban J connectivity index is 0.000000360. The molecule has 0 aromatic heterocycles. The fraction of sp³-hybridized carbons (Fsp3) is 0.667. The summed E-state index contributed by atoms with van der Waals surface area (Å²) in [6, 6.07) is 0. The Morgan fingerprint density at radius 1 is 0.857 bits per heavy atom. The molecule has 1 aliphatic carbocycles. The van der Waals surface area contributed by atoms with E-state index in [1.165, 1.54) is 25.7 Å². The zero-order valence-corrected chi connectivity index (χ0v) is 6.58. The summed E-state index contributed by atoms with van der Waals surface area (Å²) in [5.41, 5.74) is 0. The second-order valence-electron chi connectivity index (χ2n) is 1.76. The zero-order valence-electron chi connectivity index (χ0n) is 4.48. The summed E-state index contributed by atoms with van der Waals surface area (Å²) in [5, 5.41) is 0. The Kier molecular flexibility index (Phi) is 4.58. The van der Waals surface area contributed by atoms with E-state index in [1.54, 1.807) is 0 Å². The molecule has 0 heterocycles. The van der Waals surface area contributed by atoms with E-state index in [0.29, 0.717) is 0 Å². The Morgan fingerprint density at radius 3 is 1.43 bits per heavy atom. The molecular weight excluding hydrogens is 151 g/mol. The van der Waals surface area contributed by atoms with Crippen molar-refractivity contribution in [1.82, 2.24) is 0 Å². The van der Waals surface area contributed by atoms with Crippen LogP contribution in [0.15, 0.2) is 12.2 Å². The van der Waals surface area contributed by atoms with E-state index in [2.05, 4.69) is 12.2 Å². The van der Waals surface area contributed by atoms with Crippen LogP contribution in [0.25, 0.3) is 0 Å². The van der Waals surface area contributed by atoms with Crippen molar-refractivity contribution >= 4 is 17.1 Å².